The molecular formula is C24H19BrN2O5. The zero-order chi connectivity index (χ0) is 23.1. The Hall–Kier alpha value is -3.91. The minimum absolute atomic E-state index is 0.0104. The molecule has 162 valence electrons. The molecule has 0 saturated heterocycles. The Morgan fingerprint density at radius 1 is 0.938 bits per heavy atom. The number of carbonyl (C=O) groups is 3. The highest BCUT2D eigenvalue weighted by atomic mass is 79.9. The summed E-state index contributed by atoms with van der Waals surface area (Å²) < 4.78 is 5.96. The van der Waals surface area contributed by atoms with Gasteiger partial charge >= 0.3 is 5.97 Å². The third kappa shape index (κ3) is 6.05. The summed E-state index contributed by atoms with van der Waals surface area (Å²) in [6.45, 7) is 0. The standard InChI is InChI=1S/C24H19BrN2O5/c1-32-20-11-5-15(6-12-20)13-21(27-22(28)16-7-9-18(25)10-8-16)23(29)26-19-4-2-3-17(14-19)24(30)31/h2-14H,1H3,(H,26,29)(H,27,28)(H,30,31)/b21-13-. The molecule has 0 aliphatic carbocycles. The molecule has 3 aromatic carbocycles. The van der Waals surface area contributed by atoms with Crippen molar-refractivity contribution in [1.82, 2.24) is 5.32 Å². The first-order valence-corrected chi connectivity index (χ1v) is 10.2. The van der Waals surface area contributed by atoms with E-state index in [1.807, 2.05) is 0 Å². The summed E-state index contributed by atoms with van der Waals surface area (Å²) in [5.41, 5.74) is 1.33. The van der Waals surface area contributed by atoms with Crippen LogP contribution in [-0.2, 0) is 4.79 Å². The Bertz CT molecular complexity index is 1170. The van der Waals surface area contributed by atoms with E-state index >= 15 is 0 Å². The summed E-state index contributed by atoms with van der Waals surface area (Å²) >= 11 is 3.32. The summed E-state index contributed by atoms with van der Waals surface area (Å²) in [6.07, 6.45) is 1.52. The van der Waals surface area contributed by atoms with Crippen LogP contribution in [0.1, 0.15) is 26.3 Å². The fraction of sp³-hybridized carbons (Fsp3) is 0.0417. The number of carboxylic acid groups (broad SMARTS) is 1. The van der Waals surface area contributed by atoms with Gasteiger partial charge in [0.05, 0.1) is 12.7 Å². The fourth-order valence-electron chi connectivity index (χ4n) is 2.75. The molecule has 0 radical (unpaired) electrons. The van der Waals surface area contributed by atoms with Crippen LogP contribution in [0.5, 0.6) is 5.75 Å². The Balaban J connectivity index is 1.89. The first-order chi connectivity index (χ1) is 15.4. The number of amides is 2. The number of methoxy groups -OCH3 is 1. The summed E-state index contributed by atoms with van der Waals surface area (Å²) in [5.74, 6) is -1.53. The quantitative estimate of drug-likeness (QED) is 0.417. The van der Waals surface area contributed by atoms with E-state index in [1.165, 1.54) is 24.3 Å². The third-order valence-electron chi connectivity index (χ3n) is 4.39. The van der Waals surface area contributed by atoms with E-state index < -0.39 is 17.8 Å². The summed E-state index contributed by atoms with van der Waals surface area (Å²) in [4.78, 5) is 36.9. The molecule has 3 aromatic rings. The highest BCUT2D eigenvalue weighted by Crippen LogP contribution is 2.17. The molecule has 7 nitrogen and oxygen atoms in total. The van der Waals surface area contributed by atoms with Crippen LogP contribution >= 0.6 is 15.9 Å². The Morgan fingerprint density at radius 2 is 1.62 bits per heavy atom. The summed E-state index contributed by atoms with van der Waals surface area (Å²) in [7, 11) is 1.55. The molecule has 0 unspecified atom stereocenters. The van der Waals surface area contributed by atoms with Crippen molar-refractivity contribution in [2.75, 3.05) is 12.4 Å². The molecule has 0 spiro atoms. The van der Waals surface area contributed by atoms with Crippen LogP contribution in [0.25, 0.3) is 6.08 Å². The molecule has 0 aliphatic rings. The SMILES string of the molecule is COc1ccc(/C=C(\NC(=O)c2ccc(Br)cc2)C(=O)Nc2cccc(C(=O)O)c2)cc1. The van der Waals surface area contributed by atoms with Gasteiger partial charge in [-0.1, -0.05) is 34.1 Å². The maximum absolute atomic E-state index is 13.0. The van der Waals surface area contributed by atoms with Gasteiger partial charge in [-0.2, -0.15) is 0 Å². The predicted octanol–water partition coefficient (Wildman–Crippen LogP) is 4.57. The van der Waals surface area contributed by atoms with Crippen LogP contribution in [0, 0.1) is 0 Å². The number of nitrogens with one attached hydrogen (secondary N) is 2. The fourth-order valence-corrected chi connectivity index (χ4v) is 3.01. The largest absolute Gasteiger partial charge is 0.497 e. The second-order valence-corrected chi connectivity index (χ2v) is 7.55. The lowest BCUT2D eigenvalue weighted by atomic mass is 10.1. The molecule has 8 heteroatoms. The minimum Gasteiger partial charge on any atom is -0.497 e. The number of benzene rings is 3. The molecule has 3 N–H and O–H groups in total. The van der Waals surface area contributed by atoms with Crippen molar-refractivity contribution >= 4 is 45.5 Å². The van der Waals surface area contributed by atoms with Crippen LogP contribution in [0.3, 0.4) is 0 Å². The second-order valence-electron chi connectivity index (χ2n) is 6.63. The molecule has 0 bridgehead atoms. The first kappa shape index (κ1) is 22.8. The van der Waals surface area contributed by atoms with E-state index in [0.717, 1.165) is 4.47 Å². The number of aromatic carboxylic acids is 1. The smallest absolute Gasteiger partial charge is 0.335 e. The van der Waals surface area contributed by atoms with Gasteiger partial charge in [-0.05, 0) is 66.2 Å². The lowest BCUT2D eigenvalue weighted by Gasteiger charge is -2.12. The number of carbonyl (C=O) groups excluding carboxylic acids is 2. The molecular weight excluding hydrogens is 476 g/mol. The van der Waals surface area contributed by atoms with E-state index in [4.69, 9.17) is 9.84 Å². The predicted molar refractivity (Wildman–Crippen MR) is 125 cm³/mol. The maximum atomic E-state index is 13.0. The molecule has 0 heterocycles. The number of halogens is 1. The van der Waals surface area contributed by atoms with Crippen LogP contribution in [0.4, 0.5) is 5.69 Å². The number of rotatable bonds is 7. The number of hydrogen-bond donors (Lipinski definition) is 3. The normalized spacial score (nSPS) is 10.9. The first-order valence-electron chi connectivity index (χ1n) is 9.43. The number of anilines is 1. The Labute approximate surface area is 192 Å². The molecule has 3 rings (SSSR count). The van der Waals surface area contributed by atoms with Crippen LogP contribution < -0.4 is 15.4 Å². The lowest BCUT2D eigenvalue weighted by Crippen LogP contribution is -2.30. The van der Waals surface area contributed by atoms with Gasteiger partial charge in [-0.25, -0.2) is 4.79 Å². The van der Waals surface area contributed by atoms with E-state index in [1.54, 1.807) is 61.7 Å². The van der Waals surface area contributed by atoms with E-state index in [0.29, 0.717) is 16.9 Å². The minimum atomic E-state index is -1.11. The molecule has 0 aromatic heterocycles. The Kier molecular flexibility index (Phi) is 7.41. The molecule has 0 atom stereocenters. The Morgan fingerprint density at radius 3 is 2.25 bits per heavy atom. The van der Waals surface area contributed by atoms with Crippen LogP contribution in [0.15, 0.2) is 83.0 Å². The maximum Gasteiger partial charge on any atom is 0.335 e. The van der Waals surface area contributed by atoms with Gasteiger partial charge in [0.1, 0.15) is 11.4 Å². The van der Waals surface area contributed by atoms with Crippen molar-refractivity contribution in [3.63, 3.8) is 0 Å². The number of ether oxygens (including phenoxy) is 1. The summed E-state index contributed by atoms with van der Waals surface area (Å²) in [6, 6.07) is 19.5. The van der Waals surface area contributed by atoms with Gasteiger partial charge in [-0.15, -0.1) is 0 Å². The molecule has 0 aliphatic heterocycles. The second kappa shape index (κ2) is 10.4. The van der Waals surface area contributed by atoms with Gasteiger partial charge < -0.3 is 20.5 Å². The third-order valence-corrected chi connectivity index (χ3v) is 4.92. The van der Waals surface area contributed by atoms with Crippen molar-refractivity contribution in [1.29, 1.82) is 0 Å². The van der Waals surface area contributed by atoms with Crippen molar-refractivity contribution in [3.8, 4) is 5.75 Å². The monoisotopic (exact) mass is 494 g/mol. The van der Waals surface area contributed by atoms with Gasteiger partial charge in [0.15, 0.2) is 0 Å². The molecule has 32 heavy (non-hydrogen) atoms. The average Bonchev–Trinajstić information content (AvgIpc) is 2.79. The van der Waals surface area contributed by atoms with Crippen LogP contribution in [0.2, 0.25) is 0 Å². The highest BCUT2D eigenvalue weighted by Gasteiger charge is 2.16. The molecule has 0 fully saturated rings. The van der Waals surface area contributed by atoms with Crippen molar-refractivity contribution in [2.24, 2.45) is 0 Å². The average molecular weight is 495 g/mol. The van der Waals surface area contributed by atoms with Gasteiger partial charge in [0, 0.05) is 15.7 Å². The van der Waals surface area contributed by atoms with E-state index in [2.05, 4.69) is 26.6 Å². The number of carboxylic acids is 1. The topological polar surface area (TPSA) is 105 Å². The van der Waals surface area contributed by atoms with Crippen molar-refractivity contribution in [2.45, 2.75) is 0 Å². The summed E-state index contributed by atoms with van der Waals surface area (Å²) in [5, 5.41) is 14.4. The van der Waals surface area contributed by atoms with Gasteiger partial charge in [-0.3, -0.25) is 9.59 Å². The van der Waals surface area contributed by atoms with Crippen molar-refractivity contribution < 1.29 is 24.2 Å². The van der Waals surface area contributed by atoms with Gasteiger partial charge in [0.2, 0.25) is 0 Å². The zero-order valence-electron chi connectivity index (χ0n) is 17.0. The van der Waals surface area contributed by atoms with Gasteiger partial charge in [0.25, 0.3) is 11.8 Å². The molecule has 2 amide bonds. The zero-order valence-corrected chi connectivity index (χ0v) is 18.5. The van der Waals surface area contributed by atoms with Crippen molar-refractivity contribution in [3.05, 3.63) is 99.7 Å². The number of hydrogen-bond acceptors (Lipinski definition) is 4. The van der Waals surface area contributed by atoms with E-state index in [9.17, 15) is 14.4 Å². The lowest BCUT2D eigenvalue weighted by molar-refractivity contribution is -0.113. The highest BCUT2D eigenvalue weighted by molar-refractivity contribution is 9.10. The molecule has 0 saturated carbocycles. The van der Waals surface area contributed by atoms with Crippen LogP contribution in [-0.4, -0.2) is 30.0 Å². The van der Waals surface area contributed by atoms with E-state index in [-0.39, 0.29) is 16.9 Å².